The molecule has 4 rings (SSSR count). The van der Waals surface area contributed by atoms with Crippen molar-refractivity contribution >= 4 is 33.8 Å². The van der Waals surface area contributed by atoms with Crippen molar-refractivity contribution in [3.05, 3.63) is 63.5 Å². The first-order valence-corrected chi connectivity index (χ1v) is 9.13. The molecule has 132 valence electrons. The Morgan fingerprint density at radius 3 is 2.73 bits per heavy atom. The third kappa shape index (κ3) is 3.65. The molecule has 7 nitrogen and oxygen atoms in total. The normalized spacial score (nSPS) is 13.5. The average molecular weight is 368 g/mol. The van der Waals surface area contributed by atoms with Crippen molar-refractivity contribution in [1.82, 2.24) is 14.7 Å². The van der Waals surface area contributed by atoms with Gasteiger partial charge in [-0.15, -0.1) is 11.3 Å². The molecule has 8 heteroatoms. The first kappa shape index (κ1) is 16.5. The van der Waals surface area contributed by atoms with Crippen LogP contribution in [0.1, 0.15) is 28.9 Å². The van der Waals surface area contributed by atoms with Crippen LogP contribution in [-0.2, 0) is 11.2 Å². The summed E-state index contributed by atoms with van der Waals surface area (Å²) in [6, 6.07) is 8.66. The van der Waals surface area contributed by atoms with E-state index in [9.17, 15) is 14.4 Å². The van der Waals surface area contributed by atoms with E-state index in [-0.39, 0.29) is 11.6 Å². The predicted octanol–water partition coefficient (Wildman–Crippen LogP) is 1.83. The van der Waals surface area contributed by atoms with E-state index in [4.69, 9.17) is 0 Å². The molecule has 0 spiro atoms. The second-order valence-corrected chi connectivity index (χ2v) is 7.08. The van der Waals surface area contributed by atoms with Crippen molar-refractivity contribution in [3.63, 3.8) is 0 Å². The van der Waals surface area contributed by atoms with Gasteiger partial charge in [-0.05, 0) is 30.5 Å². The zero-order valence-electron chi connectivity index (χ0n) is 13.8. The quantitative estimate of drug-likeness (QED) is 0.719. The van der Waals surface area contributed by atoms with Crippen LogP contribution < -0.4 is 16.2 Å². The molecule has 2 heterocycles. The molecule has 1 fully saturated rings. The molecule has 2 N–H and O–H groups in total. The zero-order chi connectivity index (χ0) is 18.1. The van der Waals surface area contributed by atoms with Crippen molar-refractivity contribution in [2.45, 2.75) is 25.3 Å². The molecule has 0 unspecified atom stereocenters. The molecule has 1 saturated carbocycles. The van der Waals surface area contributed by atoms with Crippen LogP contribution in [0.3, 0.4) is 0 Å². The Kier molecular flexibility index (Phi) is 4.26. The minimum Gasteiger partial charge on any atom is -0.353 e. The van der Waals surface area contributed by atoms with Crippen molar-refractivity contribution < 1.29 is 9.59 Å². The first-order valence-electron chi connectivity index (χ1n) is 8.25. The second kappa shape index (κ2) is 6.72. The van der Waals surface area contributed by atoms with Gasteiger partial charge in [0.05, 0.1) is 6.42 Å². The second-order valence-electron chi connectivity index (χ2n) is 6.20. The van der Waals surface area contributed by atoms with Crippen LogP contribution in [0.2, 0.25) is 0 Å². The maximum absolute atomic E-state index is 12.5. The van der Waals surface area contributed by atoms with Gasteiger partial charge in [-0.1, -0.05) is 12.1 Å². The van der Waals surface area contributed by atoms with E-state index in [0.29, 0.717) is 23.1 Å². The van der Waals surface area contributed by atoms with E-state index in [1.165, 1.54) is 17.4 Å². The fraction of sp³-hybridized carbons (Fsp3) is 0.222. The molecular weight excluding hydrogens is 352 g/mol. The molecule has 0 saturated heterocycles. The summed E-state index contributed by atoms with van der Waals surface area (Å²) in [6.07, 6.45) is 4.14. The van der Waals surface area contributed by atoms with Gasteiger partial charge < -0.3 is 10.6 Å². The van der Waals surface area contributed by atoms with Gasteiger partial charge in [-0.2, -0.15) is 4.98 Å². The van der Waals surface area contributed by atoms with E-state index < -0.39 is 11.5 Å². The van der Waals surface area contributed by atoms with Crippen molar-refractivity contribution in [3.8, 4) is 0 Å². The Morgan fingerprint density at radius 1 is 1.23 bits per heavy atom. The Bertz CT molecular complexity index is 1030. The number of aromatic nitrogens is 2. The number of carbonyl (C=O) groups excluding carboxylic acids is 2. The lowest BCUT2D eigenvalue weighted by atomic mass is 10.1. The summed E-state index contributed by atoms with van der Waals surface area (Å²) < 4.78 is 1.58. The summed E-state index contributed by atoms with van der Waals surface area (Å²) in [4.78, 5) is 40.3. The number of carbonyl (C=O) groups is 2. The highest BCUT2D eigenvalue weighted by molar-refractivity contribution is 7.15. The summed E-state index contributed by atoms with van der Waals surface area (Å²) in [5.74, 6) is -0.377. The van der Waals surface area contributed by atoms with Gasteiger partial charge in [-0.25, -0.2) is 0 Å². The van der Waals surface area contributed by atoms with E-state index >= 15 is 0 Å². The van der Waals surface area contributed by atoms with Crippen LogP contribution in [0.5, 0.6) is 0 Å². The number of rotatable bonds is 5. The molecule has 0 bridgehead atoms. The lowest BCUT2D eigenvalue weighted by Gasteiger charge is -2.08. The Morgan fingerprint density at radius 2 is 2.00 bits per heavy atom. The third-order valence-corrected chi connectivity index (χ3v) is 4.82. The maximum Gasteiger partial charge on any atom is 0.274 e. The third-order valence-electron chi connectivity index (χ3n) is 4.07. The number of thiazole rings is 1. The van der Waals surface area contributed by atoms with E-state index in [0.717, 1.165) is 18.4 Å². The van der Waals surface area contributed by atoms with Crippen molar-refractivity contribution in [2.24, 2.45) is 0 Å². The van der Waals surface area contributed by atoms with Crippen LogP contribution in [0.25, 0.3) is 4.96 Å². The lowest BCUT2D eigenvalue weighted by Crippen LogP contribution is -2.26. The van der Waals surface area contributed by atoms with Gasteiger partial charge in [0.25, 0.3) is 11.5 Å². The molecule has 0 aliphatic heterocycles. The molecule has 26 heavy (non-hydrogen) atoms. The zero-order valence-corrected chi connectivity index (χ0v) is 14.6. The highest BCUT2D eigenvalue weighted by Crippen LogP contribution is 2.19. The van der Waals surface area contributed by atoms with E-state index in [1.807, 2.05) is 0 Å². The standard InChI is InChI=1S/C18H16N4O3S/c23-15(19-12-5-6-12)9-11-1-3-13(4-2-11)20-17(25)14-10-16(24)21-18-22(14)7-8-26-18/h1-4,7-8,10,12H,5-6,9H2,(H,19,23)(H,20,25). The number of benzene rings is 1. The Balaban J connectivity index is 1.46. The number of amides is 2. The van der Waals surface area contributed by atoms with Crippen LogP contribution >= 0.6 is 11.3 Å². The number of nitrogens with one attached hydrogen (secondary N) is 2. The predicted molar refractivity (Wildman–Crippen MR) is 98.6 cm³/mol. The number of nitrogens with zero attached hydrogens (tertiary/aromatic N) is 2. The molecule has 1 aromatic carbocycles. The van der Waals surface area contributed by atoms with Crippen LogP contribution in [0, 0.1) is 0 Å². The lowest BCUT2D eigenvalue weighted by molar-refractivity contribution is -0.120. The molecule has 1 aliphatic rings. The van der Waals surface area contributed by atoms with Crippen LogP contribution in [0.4, 0.5) is 5.69 Å². The number of fused-ring (bicyclic) bond motifs is 1. The SMILES string of the molecule is O=C(Cc1ccc(NC(=O)c2cc(=O)nc3sccn23)cc1)NC1CC1. The summed E-state index contributed by atoms with van der Waals surface area (Å²) in [7, 11) is 0. The largest absolute Gasteiger partial charge is 0.353 e. The molecular formula is C18H16N4O3S. The summed E-state index contributed by atoms with van der Waals surface area (Å²) in [5, 5.41) is 7.48. The highest BCUT2D eigenvalue weighted by Gasteiger charge is 2.23. The minimum atomic E-state index is -0.449. The number of anilines is 1. The van der Waals surface area contributed by atoms with Crippen LogP contribution in [-0.4, -0.2) is 27.2 Å². The van der Waals surface area contributed by atoms with Crippen LogP contribution in [0.15, 0.2) is 46.7 Å². The van der Waals surface area contributed by atoms with Gasteiger partial charge >= 0.3 is 0 Å². The van der Waals surface area contributed by atoms with Gasteiger partial charge in [0.2, 0.25) is 5.91 Å². The highest BCUT2D eigenvalue weighted by atomic mass is 32.1. The molecule has 2 aromatic heterocycles. The Hall–Kier alpha value is -3.00. The number of hydrogen-bond donors (Lipinski definition) is 2. The molecule has 2 amide bonds. The van der Waals surface area contributed by atoms with Gasteiger partial charge in [0.1, 0.15) is 5.69 Å². The topological polar surface area (TPSA) is 92.6 Å². The summed E-state index contributed by atoms with van der Waals surface area (Å²) in [5.41, 5.74) is 1.25. The van der Waals surface area contributed by atoms with Gasteiger partial charge in [0, 0.05) is 29.4 Å². The van der Waals surface area contributed by atoms with Crippen molar-refractivity contribution in [2.75, 3.05) is 5.32 Å². The van der Waals surface area contributed by atoms with Gasteiger partial charge in [0.15, 0.2) is 4.96 Å². The smallest absolute Gasteiger partial charge is 0.274 e. The average Bonchev–Trinajstić information content (AvgIpc) is 3.29. The Labute approximate surface area is 152 Å². The number of hydrogen-bond acceptors (Lipinski definition) is 5. The van der Waals surface area contributed by atoms with E-state index in [1.54, 1.807) is 40.2 Å². The molecule has 1 aliphatic carbocycles. The monoisotopic (exact) mass is 368 g/mol. The molecule has 0 atom stereocenters. The summed E-state index contributed by atoms with van der Waals surface area (Å²) in [6.45, 7) is 0. The first-order chi connectivity index (χ1) is 12.6. The van der Waals surface area contributed by atoms with E-state index in [2.05, 4.69) is 15.6 Å². The maximum atomic E-state index is 12.5. The van der Waals surface area contributed by atoms with Gasteiger partial charge in [-0.3, -0.25) is 18.8 Å². The minimum absolute atomic E-state index is 0.0142. The molecule has 0 radical (unpaired) electrons. The fourth-order valence-corrected chi connectivity index (χ4v) is 3.34. The molecule has 3 aromatic rings. The fourth-order valence-electron chi connectivity index (χ4n) is 2.62. The van der Waals surface area contributed by atoms with Crippen molar-refractivity contribution in [1.29, 1.82) is 0 Å². The summed E-state index contributed by atoms with van der Waals surface area (Å²) >= 11 is 1.29.